The molecule has 1 aromatic carbocycles. The van der Waals surface area contributed by atoms with Crippen LogP contribution in [0.25, 0.3) is 0 Å². The Hall–Kier alpha value is -2.71. The number of hydrogen-bond donors (Lipinski definition) is 2. The maximum atomic E-state index is 12.2. The number of amides is 2. The Morgan fingerprint density at radius 2 is 1.96 bits per heavy atom. The molecule has 0 bridgehead atoms. The van der Waals surface area contributed by atoms with E-state index in [1.54, 1.807) is 11.1 Å². The van der Waals surface area contributed by atoms with Gasteiger partial charge in [-0.15, -0.1) is 0 Å². The van der Waals surface area contributed by atoms with Crippen molar-refractivity contribution < 1.29 is 14.3 Å². The number of nitrogens with one attached hydrogen (secondary N) is 1. The fraction of sp³-hybridized carbons (Fsp3) is 0.389. The van der Waals surface area contributed by atoms with Crippen LogP contribution in [0.3, 0.4) is 0 Å². The van der Waals surface area contributed by atoms with E-state index in [9.17, 15) is 9.59 Å². The average molecular weight is 357 g/mol. The number of carbonyl (C=O) groups is 2. The molecule has 0 spiro atoms. The highest BCUT2D eigenvalue weighted by Crippen LogP contribution is 2.15. The summed E-state index contributed by atoms with van der Waals surface area (Å²) in [5.74, 6) is -0.208. The van der Waals surface area contributed by atoms with Gasteiger partial charge in [-0.1, -0.05) is 30.3 Å². The number of carbonyl (C=O) groups excluding carboxylic acids is 2. The van der Waals surface area contributed by atoms with Gasteiger partial charge < -0.3 is 20.7 Å². The summed E-state index contributed by atoms with van der Waals surface area (Å²) < 4.78 is 6.76. The molecule has 2 amide bonds. The smallest absolute Gasteiger partial charge is 0.244 e. The minimum Gasteiger partial charge on any atom is -0.378 e. The molecular formula is C18H23N5O3. The maximum absolute atomic E-state index is 12.2. The number of nitrogens with zero attached hydrogens (tertiary/aromatic N) is 3. The molecule has 1 saturated heterocycles. The molecule has 0 radical (unpaired) electrons. The Balaban J connectivity index is 1.49. The van der Waals surface area contributed by atoms with Gasteiger partial charge in [0.15, 0.2) is 0 Å². The summed E-state index contributed by atoms with van der Waals surface area (Å²) in [7, 11) is 0. The lowest BCUT2D eigenvalue weighted by molar-refractivity contribution is -0.136. The van der Waals surface area contributed by atoms with Crippen molar-refractivity contribution in [2.45, 2.75) is 19.0 Å². The van der Waals surface area contributed by atoms with E-state index in [4.69, 9.17) is 10.5 Å². The third-order valence-corrected chi connectivity index (χ3v) is 4.21. The number of ether oxygens (including phenoxy) is 1. The Kier molecular flexibility index (Phi) is 5.98. The van der Waals surface area contributed by atoms with E-state index in [-0.39, 0.29) is 30.8 Å². The molecule has 8 heteroatoms. The van der Waals surface area contributed by atoms with Crippen molar-refractivity contribution in [3.63, 3.8) is 0 Å². The van der Waals surface area contributed by atoms with Crippen LogP contribution in [0.2, 0.25) is 0 Å². The number of rotatable bonds is 6. The first-order valence-electron chi connectivity index (χ1n) is 8.60. The van der Waals surface area contributed by atoms with Crippen molar-refractivity contribution in [2.24, 2.45) is 5.73 Å². The molecule has 8 nitrogen and oxygen atoms in total. The van der Waals surface area contributed by atoms with E-state index in [2.05, 4.69) is 10.4 Å². The first-order chi connectivity index (χ1) is 12.6. The van der Waals surface area contributed by atoms with Crippen LogP contribution in [-0.4, -0.2) is 52.8 Å². The summed E-state index contributed by atoms with van der Waals surface area (Å²) in [5, 5.41) is 6.90. The highest BCUT2D eigenvalue weighted by atomic mass is 16.5. The second-order valence-electron chi connectivity index (χ2n) is 6.19. The Morgan fingerprint density at radius 3 is 2.69 bits per heavy atom. The molecule has 1 aromatic heterocycles. The van der Waals surface area contributed by atoms with Gasteiger partial charge in [0.25, 0.3) is 0 Å². The fourth-order valence-corrected chi connectivity index (χ4v) is 2.80. The van der Waals surface area contributed by atoms with E-state index < -0.39 is 0 Å². The van der Waals surface area contributed by atoms with Gasteiger partial charge in [0.2, 0.25) is 11.8 Å². The third kappa shape index (κ3) is 4.90. The van der Waals surface area contributed by atoms with Crippen molar-refractivity contribution in [2.75, 3.05) is 31.6 Å². The molecule has 2 aromatic rings. The second kappa shape index (κ2) is 8.59. The van der Waals surface area contributed by atoms with E-state index in [0.717, 1.165) is 5.56 Å². The number of morpholine rings is 1. The molecule has 3 rings (SSSR count). The van der Waals surface area contributed by atoms with Gasteiger partial charge in [-0.2, -0.15) is 5.10 Å². The van der Waals surface area contributed by atoms with E-state index >= 15 is 0 Å². The average Bonchev–Trinajstić information content (AvgIpc) is 3.09. The highest BCUT2D eigenvalue weighted by Gasteiger charge is 2.18. The lowest BCUT2D eigenvalue weighted by Crippen LogP contribution is -2.42. The lowest BCUT2D eigenvalue weighted by Gasteiger charge is -2.26. The van der Waals surface area contributed by atoms with Crippen LogP contribution in [0.15, 0.2) is 42.7 Å². The first kappa shape index (κ1) is 18.1. The normalized spacial score (nSPS) is 15.5. The van der Waals surface area contributed by atoms with Crippen LogP contribution in [0, 0.1) is 0 Å². The van der Waals surface area contributed by atoms with E-state index in [1.165, 1.54) is 10.9 Å². The zero-order valence-corrected chi connectivity index (χ0v) is 14.5. The van der Waals surface area contributed by atoms with Crippen LogP contribution in [0.5, 0.6) is 0 Å². The van der Waals surface area contributed by atoms with Gasteiger partial charge in [-0.3, -0.25) is 14.3 Å². The fourth-order valence-electron chi connectivity index (χ4n) is 2.80. The van der Waals surface area contributed by atoms with Gasteiger partial charge in [0.1, 0.15) is 6.54 Å². The standard InChI is InChI=1S/C18H23N5O3/c19-16(14-4-2-1-3-5-14)10-17(24)21-15-11-20-23(12-15)13-18(25)22-6-8-26-9-7-22/h1-5,11-12,16H,6-10,13,19H2,(H,21,24). The minimum absolute atomic E-state index is 0.0135. The van der Waals surface area contributed by atoms with Crippen molar-refractivity contribution in [3.8, 4) is 0 Å². The SMILES string of the molecule is NC(CC(=O)Nc1cnn(CC(=O)N2CCOCC2)c1)c1ccccc1. The summed E-state index contributed by atoms with van der Waals surface area (Å²) in [6.07, 6.45) is 3.34. The summed E-state index contributed by atoms with van der Waals surface area (Å²) in [5.41, 5.74) is 7.52. The Labute approximate surface area is 151 Å². The molecule has 138 valence electrons. The van der Waals surface area contributed by atoms with E-state index in [1.807, 2.05) is 30.3 Å². The van der Waals surface area contributed by atoms with Crippen molar-refractivity contribution in [1.82, 2.24) is 14.7 Å². The number of benzene rings is 1. The largest absolute Gasteiger partial charge is 0.378 e. The zero-order chi connectivity index (χ0) is 18.4. The summed E-state index contributed by atoms with van der Waals surface area (Å²) in [6, 6.07) is 9.11. The molecule has 1 atom stereocenters. The van der Waals surface area contributed by atoms with Gasteiger partial charge >= 0.3 is 0 Å². The molecule has 1 aliphatic heterocycles. The third-order valence-electron chi connectivity index (χ3n) is 4.21. The quantitative estimate of drug-likeness (QED) is 0.795. The topological polar surface area (TPSA) is 102 Å². The monoisotopic (exact) mass is 357 g/mol. The van der Waals surface area contributed by atoms with Crippen molar-refractivity contribution in [3.05, 3.63) is 48.3 Å². The summed E-state index contributed by atoms with van der Waals surface area (Å²) >= 11 is 0. The molecule has 1 fully saturated rings. The molecular weight excluding hydrogens is 334 g/mol. The molecule has 1 unspecified atom stereocenters. The van der Waals surface area contributed by atoms with Crippen LogP contribution < -0.4 is 11.1 Å². The molecule has 0 aliphatic carbocycles. The highest BCUT2D eigenvalue weighted by molar-refractivity contribution is 5.91. The van der Waals surface area contributed by atoms with Crippen LogP contribution in [-0.2, 0) is 20.9 Å². The predicted octanol–water partition coefficient (Wildman–Crippen LogP) is 0.770. The number of aromatic nitrogens is 2. The maximum Gasteiger partial charge on any atom is 0.244 e. The molecule has 3 N–H and O–H groups in total. The molecule has 1 aliphatic rings. The lowest BCUT2D eigenvalue weighted by atomic mass is 10.0. The minimum atomic E-state index is -0.367. The van der Waals surface area contributed by atoms with Gasteiger partial charge in [-0.25, -0.2) is 0 Å². The van der Waals surface area contributed by atoms with Gasteiger partial charge in [0, 0.05) is 31.7 Å². The van der Waals surface area contributed by atoms with Crippen LogP contribution >= 0.6 is 0 Å². The molecule has 0 saturated carbocycles. The number of anilines is 1. The van der Waals surface area contributed by atoms with Gasteiger partial charge in [0.05, 0.1) is 25.1 Å². The van der Waals surface area contributed by atoms with E-state index in [0.29, 0.717) is 32.0 Å². The van der Waals surface area contributed by atoms with Crippen molar-refractivity contribution >= 4 is 17.5 Å². The second-order valence-corrected chi connectivity index (χ2v) is 6.19. The zero-order valence-electron chi connectivity index (χ0n) is 14.5. The summed E-state index contributed by atoms with van der Waals surface area (Å²) in [4.78, 5) is 26.1. The first-order valence-corrected chi connectivity index (χ1v) is 8.60. The van der Waals surface area contributed by atoms with Gasteiger partial charge in [-0.05, 0) is 5.56 Å². The molecule has 26 heavy (non-hydrogen) atoms. The van der Waals surface area contributed by atoms with Crippen LogP contribution in [0.1, 0.15) is 18.0 Å². The predicted molar refractivity (Wildman–Crippen MR) is 96.2 cm³/mol. The number of hydrogen-bond acceptors (Lipinski definition) is 5. The summed E-state index contributed by atoms with van der Waals surface area (Å²) in [6.45, 7) is 2.46. The molecule has 2 heterocycles. The Morgan fingerprint density at radius 1 is 1.23 bits per heavy atom. The Bertz CT molecular complexity index is 740. The number of nitrogens with two attached hydrogens (primary N) is 1. The van der Waals surface area contributed by atoms with Crippen LogP contribution in [0.4, 0.5) is 5.69 Å². The van der Waals surface area contributed by atoms with Crippen molar-refractivity contribution in [1.29, 1.82) is 0 Å².